The minimum atomic E-state index is 0.234. The zero-order chi connectivity index (χ0) is 17.8. The van der Waals surface area contributed by atoms with Gasteiger partial charge in [0.2, 0.25) is 5.95 Å². The first-order valence-electron chi connectivity index (χ1n) is 8.88. The number of phenolic OH excluding ortho intramolecular Hbond substituents is 1. The lowest BCUT2D eigenvalue weighted by molar-refractivity contribution is 0.475. The second-order valence-corrected chi connectivity index (χ2v) is 6.50. The van der Waals surface area contributed by atoms with Gasteiger partial charge >= 0.3 is 0 Å². The largest absolute Gasteiger partial charge is 0.508 e. The molecule has 1 aromatic carbocycles. The molecule has 6 heteroatoms. The van der Waals surface area contributed by atoms with Crippen LogP contribution >= 0.6 is 0 Å². The average molecular weight is 347 g/mol. The van der Waals surface area contributed by atoms with Gasteiger partial charge in [-0.25, -0.2) is 4.98 Å². The summed E-state index contributed by atoms with van der Waals surface area (Å²) >= 11 is 0. The highest BCUT2D eigenvalue weighted by atomic mass is 16.3. The van der Waals surface area contributed by atoms with Crippen LogP contribution in [-0.4, -0.2) is 26.1 Å². The first-order valence-corrected chi connectivity index (χ1v) is 8.88. The molecular weight excluding hydrogens is 326 g/mol. The number of pyridine rings is 1. The van der Waals surface area contributed by atoms with E-state index >= 15 is 0 Å². The molecule has 3 N–H and O–H groups in total. The average Bonchev–Trinajstić information content (AvgIpc) is 3.17. The standard InChI is InChI=1S/C20H21N5O/c26-17-9-7-16(8-10-17)22-19-12-18(14-4-3-11-21-13-14)24-20(25-19)23-15-5-1-2-6-15/h3-4,7-13,15,26H,1-2,5-6H2,(H2,22,23,24,25). The number of hydrogen-bond acceptors (Lipinski definition) is 6. The van der Waals surface area contributed by atoms with Gasteiger partial charge in [-0.15, -0.1) is 0 Å². The van der Waals surface area contributed by atoms with Gasteiger partial charge in [-0.3, -0.25) is 4.98 Å². The molecule has 26 heavy (non-hydrogen) atoms. The van der Waals surface area contributed by atoms with E-state index in [4.69, 9.17) is 0 Å². The van der Waals surface area contributed by atoms with E-state index in [0.29, 0.717) is 17.8 Å². The van der Waals surface area contributed by atoms with Crippen LogP contribution in [0.3, 0.4) is 0 Å². The highest BCUT2D eigenvalue weighted by molar-refractivity contribution is 5.67. The van der Waals surface area contributed by atoms with Crippen molar-refractivity contribution in [2.75, 3.05) is 10.6 Å². The minimum Gasteiger partial charge on any atom is -0.508 e. The van der Waals surface area contributed by atoms with Crippen molar-refractivity contribution in [2.45, 2.75) is 31.7 Å². The predicted octanol–water partition coefficient (Wildman–Crippen LogP) is 4.34. The highest BCUT2D eigenvalue weighted by Crippen LogP contribution is 2.26. The van der Waals surface area contributed by atoms with Gasteiger partial charge < -0.3 is 15.7 Å². The molecule has 2 heterocycles. The number of hydrogen-bond donors (Lipinski definition) is 3. The van der Waals surface area contributed by atoms with Crippen LogP contribution in [0.2, 0.25) is 0 Å². The van der Waals surface area contributed by atoms with Gasteiger partial charge in [0.15, 0.2) is 0 Å². The summed E-state index contributed by atoms with van der Waals surface area (Å²) in [5, 5.41) is 16.2. The fraction of sp³-hybridized carbons (Fsp3) is 0.250. The van der Waals surface area contributed by atoms with Gasteiger partial charge in [-0.1, -0.05) is 12.8 Å². The molecule has 4 rings (SSSR count). The van der Waals surface area contributed by atoms with Crippen LogP contribution in [0.15, 0.2) is 54.9 Å². The SMILES string of the molecule is Oc1ccc(Nc2cc(-c3cccnc3)nc(NC3CCCC3)n2)cc1. The lowest BCUT2D eigenvalue weighted by Gasteiger charge is -2.15. The number of nitrogens with zero attached hydrogens (tertiary/aromatic N) is 3. The molecule has 0 radical (unpaired) electrons. The molecule has 0 spiro atoms. The molecule has 0 aliphatic heterocycles. The Kier molecular flexibility index (Phi) is 4.64. The van der Waals surface area contributed by atoms with E-state index in [-0.39, 0.29) is 5.75 Å². The smallest absolute Gasteiger partial charge is 0.225 e. The first-order chi connectivity index (χ1) is 12.8. The van der Waals surface area contributed by atoms with E-state index in [1.165, 1.54) is 12.8 Å². The second-order valence-electron chi connectivity index (χ2n) is 6.50. The predicted molar refractivity (Wildman–Crippen MR) is 103 cm³/mol. The summed E-state index contributed by atoms with van der Waals surface area (Å²) in [6.45, 7) is 0. The van der Waals surface area contributed by atoms with Gasteiger partial charge in [0.25, 0.3) is 0 Å². The summed E-state index contributed by atoms with van der Waals surface area (Å²) in [6, 6.07) is 13.1. The van der Waals surface area contributed by atoms with Crippen molar-refractivity contribution < 1.29 is 5.11 Å². The zero-order valence-electron chi connectivity index (χ0n) is 14.4. The van der Waals surface area contributed by atoms with Crippen LogP contribution in [0, 0.1) is 0 Å². The third kappa shape index (κ3) is 3.91. The fourth-order valence-corrected chi connectivity index (χ4v) is 3.18. The van der Waals surface area contributed by atoms with Crippen molar-refractivity contribution in [1.82, 2.24) is 15.0 Å². The Bertz CT molecular complexity index is 861. The Morgan fingerprint density at radius 3 is 2.54 bits per heavy atom. The lowest BCUT2D eigenvalue weighted by Crippen LogP contribution is -2.17. The van der Waals surface area contributed by atoms with Gasteiger partial charge in [-0.2, -0.15) is 4.98 Å². The Morgan fingerprint density at radius 1 is 1.00 bits per heavy atom. The topological polar surface area (TPSA) is 83.0 Å². The third-order valence-corrected chi connectivity index (χ3v) is 4.51. The summed E-state index contributed by atoms with van der Waals surface area (Å²) < 4.78 is 0. The van der Waals surface area contributed by atoms with Crippen molar-refractivity contribution in [2.24, 2.45) is 0 Å². The number of rotatable bonds is 5. The highest BCUT2D eigenvalue weighted by Gasteiger charge is 2.17. The number of anilines is 3. The molecule has 0 unspecified atom stereocenters. The Morgan fingerprint density at radius 2 is 1.81 bits per heavy atom. The van der Waals surface area contributed by atoms with E-state index in [9.17, 15) is 5.11 Å². The zero-order valence-corrected chi connectivity index (χ0v) is 14.4. The molecule has 1 saturated carbocycles. The maximum atomic E-state index is 9.45. The second kappa shape index (κ2) is 7.39. The molecule has 2 aromatic heterocycles. The van der Waals surface area contributed by atoms with E-state index in [1.54, 1.807) is 24.5 Å². The van der Waals surface area contributed by atoms with Crippen molar-refractivity contribution in [3.63, 3.8) is 0 Å². The number of phenols is 1. The number of aromatic nitrogens is 3. The lowest BCUT2D eigenvalue weighted by atomic mass is 10.2. The molecule has 0 saturated heterocycles. The van der Waals surface area contributed by atoms with Crippen LogP contribution < -0.4 is 10.6 Å². The number of aromatic hydroxyl groups is 1. The third-order valence-electron chi connectivity index (χ3n) is 4.51. The van der Waals surface area contributed by atoms with Crippen LogP contribution in [0.4, 0.5) is 17.5 Å². The van der Waals surface area contributed by atoms with E-state index in [2.05, 4.69) is 25.6 Å². The van der Waals surface area contributed by atoms with E-state index in [0.717, 1.165) is 29.8 Å². The summed E-state index contributed by atoms with van der Waals surface area (Å²) in [4.78, 5) is 13.5. The molecule has 0 atom stereocenters. The minimum absolute atomic E-state index is 0.234. The maximum Gasteiger partial charge on any atom is 0.225 e. The van der Waals surface area contributed by atoms with Crippen LogP contribution in [0.5, 0.6) is 5.75 Å². The molecule has 1 aliphatic carbocycles. The molecular formula is C20H21N5O. The van der Waals surface area contributed by atoms with Crippen molar-refractivity contribution in [1.29, 1.82) is 0 Å². The van der Waals surface area contributed by atoms with Crippen LogP contribution in [0.1, 0.15) is 25.7 Å². The molecule has 3 aromatic rings. The van der Waals surface area contributed by atoms with E-state index in [1.807, 2.05) is 30.3 Å². The first kappa shape index (κ1) is 16.3. The Hall–Kier alpha value is -3.15. The molecule has 1 fully saturated rings. The van der Waals surface area contributed by atoms with Crippen molar-refractivity contribution >= 4 is 17.5 Å². The molecule has 0 amide bonds. The van der Waals surface area contributed by atoms with E-state index < -0.39 is 0 Å². The number of benzene rings is 1. The van der Waals surface area contributed by atoms with Gasteiger partial charge in [-0.05, 0) is 49.2 Å². The van der Waals surface area contributed by atoms with Crippen molar-refractivity contribution in [3.8, 4) is 17.0 Å². The quantitative estimate of drug-likeness (QED) is 0.596. The molecule has 1 aliphatic rings. The summed E-state index contributed by atoms with van der Waals surface area (Å²) in [5.41, 5.74) is 2.61. The van der Waals surface area contributed by atoms with Crippen LogP contribution in [-0.2, 0) is 0 Å². The van der Waals surface area contributed by atoms with Crippen molar-refractivity contribution in [3.05, 3.63) is 54.9 Å². The summed E-state index contributed by atoms with van der Waals surface area (Å²) in [5.74, 6) is 1.56. The summed E-state index contributed by atoms with van der Waals surface area (Å²) in [6.07, 6.45) is 8.35. The Labute approximate surface area is 152 Å². The monoisotopic (exact) mass is 347 g/mol. The molecule has 132 valence electrons. The fourth-order valence-electron chi connectivity index (χ4n) is 3.18. The van der Waals surface area contributed by atoms with Gasteiger partial charge in [0.05, 0.1) is 5.69 Å². The Balaban J connectivity index is 1.65. The number of nitrogens with one attached hydrogen (secondary N) is 2. The van der Waals surface area contributed by atoms with Gasteiger partial charge in [0, 0.05) is 35.8 Å². The molecule has 6 nitrogen and oxygen atoms in total. The van der Waals surface area contributed by atoms with Crippen LogP contribution in [0.25, 0.3) is 11.3 Å². The summed E-state index contributed by atoms with van der Waals surface area (Å²) in [7, 11) is 0. The molecule has 0 bridgehead atoms. The maximum absolute atomic E-state index is 9.45. The van der Waals surface area contributed by atoms with Gasteiger partial charge in [0.1, 0.15) is 11.6 Å². The normalized spacial score (nSPS) is 14.3.